The molecule has 0 bridgehead atoms. The largest absolute Gasteiger partial charge is 0.393 e. The van der Waals surface area contributed by atoms with Gasteiger partial charge in [-0.1, -0.05) is 22.9 Å². The van der Waals surface area contributed by atoms with E-state index in [4.69, 9.17) is 5.11 Å². The van der Waals surface area contributed by atoms with E-state index in [0.29, 0.717) is 0 Å². The van der Waals surface area contributed by atoms with E-state index < -0.39 is 0 Å². The monoisotopic (exact) mass is 262 g/mol. The highest BCUT2D eigenvalue weighted by Gasteiger charge is 1.82. The van der Waals surface area contributed by atoms with E-state index in [2.05, 4.69) is 28.6 Å². The van der Waals surface area contributed by atoms with E-state index in [1.54, 1.807) is 6.92 Å². The van der Waals surface area contributed by atoms with Crippen LogP contribution in [0.5, 0.6) is 0 Å². The van der Waals surface area contributed by atoms with Crippen LogP contribution in [0.25, 0.3) is 0 Å². The van der Waals surface area contributed by atoms with Crippen LogP contribution in [0.2, 0.25) is 0 Å². The van der Waals surface area contributed by atoms with Gasteiger partial charge in [0.2, 0.25) is 0 Å². The van der Waals surface area contributed by atoms with Gasteiger partial charge in [-0.3, -0.25) is 0 Å². The Morgan fingerprint density at radius 3 is 2.00 bits per heavy atom. The molecule has 0 saturated carbocycles. The van der Waals surface area contributed by atoms with Crippen molar-refractivity contribution in [2.24, 2.45) is 0 Å². The highest BCUT2D eigenvalue weighted by Crippen LogP contribution is 2.11. The number of hydrogen-bond donors (Lipinski definition) is 2. The molecule has 74 valence electrons. The third kappa shape index (κ3) is 8.34. The number of hydrogen-bond acceptors (Lipinski definition) is 2. The minimum absolute atomic E-state index is 0.116. The molecule has 13 heavy (non-hydrogen) atoms. The quantitative estimate of drug-likeness (QED) is 0.743. The summed E-state index contributed by atoms with van der Waals surface area (Å²) in [5.74, 6) is 0. The first-order chi connectivity index (χ1) is 6.06. The molecule has 1 nitrogen and oxygen atoms in total. The maximum Gasteiger partial charge on any atom is 0.0509 e. The smallest absolute Gasteiger partial charge is 0.0509 e. The molecule has 3 heteroatoms. The predicted octanol–water partition coefficient (Wildman–Crippen LogP) is 3.52. The molecular weight excluding hydrogens is 248 g/mol. The lowest BCUT2D eigenvalue weighted by molar-refractivity contribution is 0.191. The van der Waals surface area contributed by atoms with Crippen molar-refractivity contribution in [3.8, 4) is 0 Å². The van der Waals surface area contributed by atoms with Crippen LogP contribution in [0, 0.1) is 0 Å². The summed E-state index contributed by atoms with van der Waals surface area (Å²) >= 11 is 7.42. The highest BCUT2D eigenvalue weighted by atomic mass is 79.9. The van der Waals surface area contributed by atoms with Gasteiger partial charge in [-0.15, -0.1) is 12.6 Å². The molecule has 0 aliphatic rings. The van der Waals surface area contributed by atoms with Gasteiger partial charge >= 0.3 is 0 Å². The lowest BCUT2D eigenvalue weighted by atomic mass is 10.3. The second-order valence-corrected chi connectivity index (χ2v) is 4.17. The standard InChI is InChI=1S/C6H5BrS.C4H10O/c7-5-1-3-6(8)4-2-5;1-3-4(2)5/h1-4,8H;4-5H,3H2,1-2H3. The SMILES string of the molecule is CCC(C)O.Sc1ccc(Br)cc1. The summed E-state index contributed by atoms with van der Waals surface area (Å²) in [6.45, 7) is 3.73. The first-order valence-electron chi connectivity index (χ1n) is 4.18. The number of aliphatic hydroxyl groups is 1. The Bertz CT molecular complexity index is 200. The molecule has 1 unspecified atom stereocenters. The highest BCUT2D eigenvalue weighted by molar-refractivity contribution is 9.10. The van der Waals surface area contributed by atoms with Crippen LogP contribution in [0.4, 0.5) is 0 Å². The van der Waals surface area contributed by atoms with Crippen molar-refractivity contribution < 1.29 is 5.11 Å². The first kappa shape index (κ1) is 13.0. The maximum atomic E-state index is 8.36. The Kier molecular flexibility index (Phi) is 7.42. The average molecular weight is 263 g/mol. The van der Waals surface area contributed by atoms with Gasteiger partial charge < -0.3 is 5.11 Å². The fourth-order valence-corrected chi connectivity index (χ4v) is 0.854. The molecule has 0 spiro atoms. The van der Waals surface area contributed by atoms with Crippen molar-refractivity contribution in [3.05, 3.63) is 28.7 Å². The Morgan fingerprint density at radius 1 is 1.38 bits per heavy atom. The second kappa shape index (κ2) is 7.42. The van der Waals surface area contributed by atoms with Crippen LogP contribution in [-0.4, -0.2) is 11.2 Å². The minimum atomic E-state index is -0.116. The zero-order chi connectivity index (χ0) is 10.3. The van der Waals surface area contributed by atoms with E-state index in [1.807, 2.05) is 31.2 Å². The van der Waals surface area contributed by atoms with Gasteiger partial charge in [0.1, 0.15) is 0 Å². The van der Waals surface area contributed by atoms with Gasteiger partial charge in [-0.25, -0.2) is 0 Å². The first-order valence-corrected chi connectivity index (χ1v) is 5.43. The van der Waals surface area contributed by atoms with Crippen molar-refractivity contribution in [2.75, 3.05) is 0 Å². The molecule has 1 aromatic rings. The molecular formula is C10H15BrOS. The summed E-state index contributed by atoms with van der Waals surface area (Å²) in [5, 5.41) is 8.36. The molecule has 0 amide bonds. The number of halogens is 1. The molecule has 0 radical (unpaired) electrons. The van der Waals surface area contributed by atoms with Gasteiger partial charge in [0, 0.05) is 9.37 Å². The predicted molar refractivity (Wildman–Crippen MR) is 63.4 cm³/mol. The number of thiol groups is 1. The second-order valence-electron chi connectivity index (χ2n) is 2.73. The van der Waals surface area contributed by atoms with Crippen LogP contribution in [0.3, 0.4) is 0 Å². The van der Waals surface area contributed by atoms with Gasteiger partial charge in [-0.05, 0) is 37.6 Å². The van der Waals surface area contributed by atoms with Gasteiger partial charge in [-0.2, -0.15) is 0 Å². The molecule has 0 aliphatic heterocycles. The zero-order valence-electron chi connectivity index (χ0n) is 7.87. The molecule has 1 N–H and O–H groups in total. The minimum Gasteiger partial charge on any atom is -0.393 e. The summed E-state index contributed by atoms with van der Waals surface area (Å²) < 4.78 is 1.09. The Morgan fingerprint density at radius 2 is 1.77 bits per heavy atom. The van der Waals surface area contributed by atoms with Crippen LogP contribution in [-0.2, 0) is 0 Å². The van der Waals surface area contributed by atoms with E-state index in [0.717, 1.165) is 15.8 Å². The fourth-order valence-electron chi connectivity index (χ4n) is 0.441. The zero-order valence-corrected chi connectivity index (χ0v) is 10.3. The van der Waals surface area contributed by atoms with Crippen molar-refractivity contribution in [1.29, 1.82) is 0 Å². The number of benzene rings is 1. The van der Waals surface area contributed by atoms with Gasteiger partial charge in [0.15, 0.2) is 0 Å². The Labute approximate surface area is 93.7 Å². The van der Waals surface area contributed by atoms with E-state index in [1.165, 1.54) is 0 Å². The molecule has 0 aromatic heterocycles. The third-order valence-corrected chi connectivity index (χ3v) is 2.24. The Balaban J connectivity index is 0.000000252. The van der Waals surface area contributed by atoms with Crippen molar-refractivity contribution >= 4 is 28.6 Å². The van der Waals surface area contributed by atoms with Crippen molar-refractivity contribution in [2.45, 2.75) is 31.3 Å². The molecule has 0 fully saturated rings. The summed E-state index contributed by atoms with van der Waals surface area (Å²) in [6.07, 6.45) is 0.745. The summed E-state index contributed by atoms with van der Waals surface area (Å²) in [7, 11) is 0. The van der Waals surface area contributed by atoms with Gasteiger partial charge in [0.25, 0.3) is 0 Å². The van der Waals surface area contributed by atoms with E-state index in [-0.39, 0.29) is 6.10 Å². The fraction of sp³-hybridized carbons (Fsp3) is 0.400. The summed E-state index contributed by atoms with van der Waals surface area (Å²) in [6, 6.07) is 7.80. The summed E-state index contributed by atoms with van der Waals surface area (Å²) in [5.41, 5.74) is 0. The molecule has 0 aliphatic carbocycles. The maximum absolute atomic E-state index is 8.36. The van der Waals surface area contributed by atoms with Crippen LogP contribution in [0.1, 0.15) is 20.3 Å². The van der Waals surface area contributed by atoms with Crippen LogP contribution in [0.15, 0.2) is 33.6 Å². The number of aliphatic hydroxyl groups excluding tert-OH is 1. The lowest BCUT2D eigenvalue weighted by Crippen LogP contribution is -1.93. The third-order valence-electron chi connectivity index (χ3n) is 1.42. The van der Waals surface area contributed by atoms with E-state index in [9.17, 15) is 0 Å². The van der Waals surface area contributed by atoms with Crippen molar-refractivity contribution in [3.63, 3.8) is 0 Å². The van der Waals surface area contributed by atoms with E-state index >= 15 is 0 Å². The van der Waals surface area contributed by atoms with Crippen LogP contribution < -0.4 is 0 Å². The molecule has 1 rings (SSSR count). The molecule has 0 saturated heterocycles. The normalized spacial score (nSPS) is 11.5. The van der Waals surface area contributed by atoms with Crippen molar-refractivity contribution in [1.82, 2.24) is 0 Å². The lowest BCUT2D eigenvalue weighted by Gasteiger charge is -1.90. The number of rotatable bonds is 1. The topological polar surface area (TPSA) is 20.2 Å². The van der Waals surface area contributed by atoms with Crippen LogP contribution >= 0.6 is 28.6 Å². The molecule has 0 heterocycles. The Hall–Kier alpha value is 0.01000. The molecule has 1 aromatic carbocycles. The summed E-state index contributed by atoms with van der Waals surface area (Å²) in [4.78, 5) is 0.994. The molecule has 1 atom stereocenters. The van der Waals surface area contributed by atoms with Gasteiger partial charge in [0.05, 0.1) is 6.10 Å². The average Bonchev–Trinajstić information content (AvgIpc) is 2.11.